The molecule has 96 valence electrons. The van der Waals surface area contributed by atoms with Crippen molar-refractivity contribution >= 4 is 5.88 Å². The SMILES string of the molecule is COc1ccc(F)cc1-c1c(C(C)C)noc1N. The zero-order chi connectivity index (χ0) is 13.3. The Morgan fingerprint density at radius 2 is 2.11 bits per heavy atom. The number of ether oxygens (including phenoxy) is 1. The van der Waals surface area contributed by atoms with Crippen molar-refractivity contribution in [3.63, 3.8) is 0 Å². The molecule has 0 bridgehead atoms. The van der Waals surface area contributed by atoms with E-state index in [-0.39, 0.29) is 17.6 Å². The molecule has 2 N–H and O–H groups in total. The minimum Gasteiger partial charge on any atom is -0.496 e. The Bertz CT molecular complexity index is 564. The summed E-state index contributed by atoms with van der Waals surface area (Å²) >= 11 is 0. The summed E-state index contributed by atoms with van der Waals surface area (Å²) in [5, 5.41) is 3.92. The van der Waals surface area contributed by atoms with E-state index in [9.17, 15) is 4.39 Å². The maximum atomic E-state index is 13.4. The van der Waals surface area contributed by atoms with E-state index in [1.807, 2.05) is 13.8 Å². The summed E-state index contributed by atoms with van der Waals surface area (Å²) in [6.07, 6.45) is 0. The van der Waals surface area contributed by atoms with Gasteiger partial charge in [0, 0.05) is 5.56 Å². The second kappa shape index (κ2) is 4.68. The summed E-state index contributed by atoms with van der Waals surface area (Å²) in [6.45, 7) is 3.93. The lowest BCUT2D eigenvalue weighted by atomic mass is 9.98. The van der Waals surface area contributed by atoms with Crippen LogP contribution in [-0.4, -0.2) is 12.3 Å². The molecule has 0 saturated carbocycles. The van der Waals surface area contributed by atoms with Crippen molar-refractivity contribution in [2.45, 2.75) is 19.8 Å². The zero-order valence-corrected chi connectivity index (χ0v) is 10.5. The standard InChI is InChI=1S/C13H15FN2O2/c1-7(2)12-11(13(15)18-16-12)9-6-8(14)4-5-10(9)17-3/h4-7H,15H2,1-3H3. The third kappa shape index (κ3) is 2.03. The lowest BCUT2D eigenvalue weighted by Gasteiger charge is -2.10. The van der Waals surface area contributed by atoms with E-state index in [1.165, 1.54) is 19.2 Å². The van der Waals surface area contributed by atoms with E-state index >= 15 is 0 Å². The average molecular weight is 250 g/mol. The van der Waals surface area contributed by atoms with E-state index < -0.39 is 0 Å². The van der Waals surface area contributed by atoms with Crippen LogP contribution in [0.3, 0.4) is 0 Å². The molecule has 1 aromatic carbocycles. The number of hydrogen-bond donors (Lipinski definition) is 1. The number of benzene rings is 1. The highest BCUT2D eigenvalue weighted by Gasteiger charge is 2.21. The van der Waals surface area contributed by atoms with Gasteiger partial charge in [0.1, 0.15) is 11.6 Å². The van der Waals surface area contributed by atoms with Gasteiger partial charge in [-0.2, -0.15) is 0 Å². The van der Waals surface area contributed by atoms with Gasteiger partial charge < -0.3 is 15.0 Å². The normalized spacial score (nSPS) is 10.9. The predicted molar refractivity (Wildman–Crippen MR) is 67.0 cm³/mol. The summed E-state index contributed by atoms with van der Waals surface area (Å²) in [7, 11) is 1.52. The topological polar surface area (TPSA) is 61.3 Å². The Morgan fingerprint density at radius 1 is 1.39 bits per heavy atom. The van der Waals surface area contributed by atoms with Gasteiger partial charge in [-0.1, -0.05) is 19.0 Å². The molecule has 4 nitrogen and oxygen atoms in total. The Balaban J connectivity index is 2.68. The minimum absolute atomic E-state index is 0.119. The number of halogens is 1. The second-order valence-corrected chi connectivity index (χ2v) is 4.31. The van der Waals surface area contributed by atoms with Crippen molar-refractivity contribution in [2.24, 2.45) is 0 Å². The fourth-order valence-corrected chi connectivity index (χ4v) is 1.86. The molecule has 0 aliphatic heterocycles. The van der Waals surface area contributed by atoms with Crippen molar-refractivity contribution in [2.75, 3.05) is 12.8 Å². The Labute approximate surface area is 105 Å². The average Bonchev–Trinajstić information content (AvgIpc) is 2.71. The molecule has 0 spiro atoms. The van der Waals surface area contributed by atoms with Crippen LogP contribution in [0.2, 0.25) is 0 Å². The molecule has 2 rings (SSSR count). The maximum Gasteiger partial charge on any atom is 0.230 e. The smallest absolute Gasteiger partial charge is 0.230 e. The van der Waals surface area contributed by atoms with E-state index in [1.54, 1.807) is 6.07 Å². The molecule has 2 aromatic rings. The number of nitrogen functional groups attached to an aromatic ring is 1. The molecule has 0 aliphatic rings. The van der Waals surface area contributed by atoms with E-state index in [0.29, 0.717) is 22.6 Å². The van der Waals surface area contributed by atoms with Gasteiger partial charge in [0.05, 0.1) is 18.4 Å². The maximum absolute atomic E-state index is 13.4. The van der Waals surface area contributed by atoms with Crippen LogP contribution in [0.4, 0.5) is 10.3 Å². The number of anilines is 1. The van der Waals surface area contributed by atoms with Crippen molar-refractivity contribution in [3.05, 3.63) is 29.7 Å². The van der Waals surface area contributed by atoms with Crippen LogP contribution < -0.4 is 10.5 Å². The van der Waals surface area contributed by atoms with Crippen molar-refractivity contribution < 1.29 is 13.7 Å². The third-order valence-corrected chi connectivity index (χ3v) is 2.72. The molecule has 1 aromatic heterocycles. The van der Waals surface area contributed by atoms with Gasteiger partial charge in [-0.15, -0.1) is 0 Å². The molecule has 18 heavy (non-hydrogen) atoms. The highest BCUT2D eigenvalue weighted by Crippen LogP contribution is 2.39. The highest BCUT2D eigenvalue weighted by atomic mass is 19.1. The van der Waals surface area contributed by atoms with Crippen molar-refractivity contribution in [3.8, 4) is 16.9 Å². The highest BCUT2D eigenvalue weighted by molar-refractivity contribution is 5.80. The van der Waals surface area contributed by atoms with Crippen LogP contribution in [0.1, 0.15) is 25.5 Å². The van der Waals surface area contributed by atoms with Gasteiger partial charge >= 0.3 is 0 Å². The summed E-state index contributed by atoms with van der Waals surface area (Å²) in [5.41, 5.74) is 7.62. The van der Waals surface area contributed by atoms with E-state index in [0.717, 1.165) is 0 Å². The second-order valence-electron chi connectivity index (χ2n) is 4.31. The molecule has 0 aliphatic carbocycles. The van der Waals surface area contributed by atoms with Crippen LogP contribution in [-0.2, 0) is 0 Å². The molecule has 0 fully saturated rings. The van der Waals surface area contributed by atoms with Gasteiger partial charge in [-0.05, 0) is 24.1 Å². The number of rotatable bonds is 3. The van der Waals surface area contributed by atoms with Crippen LogP contribution in [0.25, 0.3) is 11.1 Å². The molecule has 0 amide bonds. The Kier molecular flexibility index (Phi) is 3.23. The fourth-order valence-electron chi connectivity index (χ4n) is 1.86. The van der Waals surface area contributed by atoms with Gasteiger partial charge in [0.25, 0.3) is 0 Å². The van der Waals surface area contributed by atoms with Gasteiger partial charge in [0.2, 0.25) is 5.88 Å². The molecule has 0 unspecified atom stereocenters. The number of hydrogen-bond acceptors (Lipinski definition) is 4. The van der Waals surface area contributed by atoms with Crippen molar-refractivity contribution in [1.82, 2.24) is 5.16 Å². The summed E-state index contributed by atoms with van der Waals surface area (Å²) < 4.78 is 23.6. The number of aromatic nitrogens is 1. The first kappa shape index (κ1) is 12.4. The lowest BCUT2D eigenvalue weighted by Crippen LogP contribution is -1.96. The number of nitrogens with zero attached hydrogens (tertiary/aromatic N) is 1. The first-order valence-corrected chi connectivity index (χ1v) is 5.63. The molecule has 0 atom stereocenters. The van der Waals surface area contributed by atoms with E-state index in [2.05, 4.69) is 5.16 Å². The first-order valence-electron chi connectivity index (χ1n) is 5.63. The summed E-state index contributed by atoms with van der Waals surface area (Å²) in [5.74, 6) is 0.464. The van der Waals surface area contributed by atoms with Gasteiger partial charge in [-0.25, -0.2) is 4.39 Å². The molecule has 0 radical (unpaired) electrons. The van der Waals surface area contributed by atoms with Crippen LogP contribution in [0.15, 0.2) is 22.7 Å². The lowest BCUT2D eigenvalue weighted by molar-refractivity contribution is 0.415. The Hall–Kier alpha value is -2.04. The molecular formula is C13H15FN2O2. The summed E-state index contributed by atoms with van der Waals surface area (Å²) in [6, 6.07) is 4.26. The molecule has 0 saturated heterocycles. The number of methoxy groups -OCH3 is 1. The molecule has 1 heterocycles. The number of nitrogens with two attached hydrogens (primary N) is 1. The van der Waals surface area contributed by atoms with Crippen LogP contribution >= 0.6 is 0 Å². The molecule has 5 heteroatoms. The van der Waals surface area contributed by atoms with E-state index in [4.69, 9.17) is 15.0 Å². The fraction of sp³-hybridized carbons (Fsp3) is 0.308. The molecular weight excluding hydrogens is 235 g/mol. The van der Waals surface area contributed by atoms with Crippen LogP contribution in [0, 0.1) is 5.82 Å². The predicted octanol–water partition coefficient (Wildman–Crippen LogP) is 3.19. The van der Waals surface area contributed by atoms with Crippen molar-refractivity contribution in [1.29, 1.82) is 0 Å². The van der Waals surface area contributed by atoms with Crippen LogP contribution in [0.5, 0.6) is 5.75 Å². The Morgan fingerprint density at radius 3 is 2.72 bits per heavy atom. The van der Waals surface area contributed by atoms with Gasteiger partial charge in [0.15, 0.2) is 0 Å². The quantitative estimate of drug-likeness (QED) is 0.908. The van der Waals surface area contributed by atoms with Gasteiger partial charge in [-0.3, -0.25) is 0 Å². The first-order chi connectivity index (χ1) is 8.54. The third-order valence-electron chi connectivity index (χ3n) is 2.72. The minimum atomic E-state index is -0.360. The monoisotopic (exact) mass is 250 g/mol. The summed E-state index contributed by atoms with van der Waals surface area (Å²) in [4.78, 5) is 0. The largest absolute Gasteiger partial charge is 0.496 e. The zero-order valence-electron chi connectivity index (χ0n) is 10.5.